The van der Waals surface area contributed by atoms with Crippen LogP contribution in [0.3, 0.4) is 0 Å². The van der Waals surface area contributed by atoms with Crippen molar-refractivity contribution in [3.63, 3.8) is 0 Å². The Labute approximate surface area is 120 Å². The fraction of sp³-hybridized carbons (Fsp3) is 0.538. The van der Waals surface area contributed by atoms with Gasteiger partial charge in [-0.1, -0.05) is 12.8 Å². The highest BCUT2D eigenvalue weighted by molar-refractivity contribution is 9.11. The molecule has 0 unspecified atom stereocenters. The summed E-state index contributed by atoms with van der Waals surface area (Å²) in [6.07, 6.45) is 4.37. The van der Waals surface area contributed by atoms with Gasteiger partial charge in [-0.15, -0.1) is 11.3 Å². The number of thiophene rings is 1. The maximum atomic E-state index is 12.5. The van der Waals surface area contributed by atoms with E-state index in [1.165, 1.54) is 11.3 Å². The average Bonchev–Trinajstić information content (AvgIpc) is 2.97. The van der Waals surface area contributed by atoms with Crippen LogP contribution in [0, 0.1) is 18.3 Å². The minimum Gasteiger partial charge on any atom is -0.322 e. The van der Waals surface area contributed by atoms with E-state index in [0.29, 0.717) is 0 Å². The number of carbonyl (C=O) groups excluding carboxylic acids is 1. The van der Waals surface area contributed by atoms with Crippen LogP contribution < -0.4 is 0 Å². The number of hydrogen-bond donors (Lipinski definition) is 0. The van der Waals surface area contributed by atoms with Gasteiger partial charge >= 0.3 is 0 Å². The Kier molecular flexibility index (Phi) is 4.41. The molecule has 0 spiro atoms. The Morgan fingerprint density at radius 2 is 2.28 bits per heavy atom. The number of carbonyl (C=O) groups is 1. The SMILES string of the molecule is Cc1cc(C(=O)N(CC#N)C2CCCC2)sc1Br. The van der Waals surface area contributed by atoms with Crippen molar-refractivity contribution >= 4 is 33.2 Å². The molecule has 0 aromatic carbocycles. The summed E-state index contributed by atoms with van der Waals surface area (Å²) in [4.78, 5) is 14.9. The minimum atomic E-state index is 0.00208. The summed E-state index contributed by atoms with van der Waals surface area (Å²) in [5.74, 6) is 0.00208. The predicted octanol–water partition coefficient (Wildman–Crippen LogP) is 3.73. The molecule has 0 bridgehead atoms. The normalized spacial score (nSPS) is 15.6. The fourth-order valence-corrected chi connectivity index (χ4v) is 3.86. The third-order valence-electron chi connectivity index (χ3n) is 3.34. The van der Waals surface area contributed by atoms with E-state index in [9.17, 15) is 4.79 Å². The van der Waals surface area contributed by atoms with Crippen LogP contribution in [-0.2, 0) is 0 Å². The Morgan fingerprint density at radius 1 is 1.61 bits per heavy atom. The molecule has 1 aromatic heterocycles. The van der Waals surface area contributed by atoms with Crippen molar-refractivity contribution in [1.29, 1.82) is 5.26 Å². The second-order valence-corrected chi connectivity index (χ2v) is 6.97. The van der Waals surface area contributed by atoms with Crippen molar-refractivity contribution in [2.24, 2.45) is 0 Å². The van der Waals surface area contributed by atoms with Gasteiger partial charge < -0.3 is 4.90 Å². The second-order valence-electron chi connectivity index (χ2n) is 4.60. The number of amides is 1. The van der Waals surface area contributed by atoms with E-state index in [1.807, 2.05) is 13.0 Å². The molecular formula is C13H15BrN2OS. The molecule has 3 nitrogen and oxygen atoms in total. The van der Waals surface area contributed by atoms with E-state index in [2.05, 4.69) is 22.0 Å². The molecule has 1 heterocycles. The number of aryl methyl sites for hydroxylation is 1. The lowest BCUT2D eigenvalue weighted by Crippen LogP contribution is -2.38. The molecule has 1 aliphatic rings. The lowest BCUT2D eigenvalue weighted by molar-refractivity contribution is 0.0714. The van der Waals surface area contributed by atoms with Crippen LogP contribution in [0.1, 0.15) is 40.9 Å². The minimum absolute atomic E-state index is 0.00208. The van der Waals surface area contributed by atoms with Crippen molar-refractivity contribution in [2.75, 3.05) is 6.54 Å². The Bertz CT molecular complexity index is 466. The van der Waals surface area contributed by atoms with Crippen molar-refractivity contribution in [3.05, 3.63) is 20.3 Å². The fourth-order valence-electron chi connectivity index (χ4n) is 2.37. The van der Waals surface area contributed by atoms with Crippen LogP contribution >= 0.6 is 27.3 Å². The summed E-state index contributed by atoms with van der Waals surface area (Å²) < 4.78 is 0.995. The molecule has 18 heavy (non-hydrogen) atoms. The zero-order valence-electron chi connectivity index (χ0n) is 10.3. The third kappa shape index (κ3) is 2.76. The van der Waals surface area contributed by atoms with Gasteiger partial charge in [0.1, 0.15) is 6.54 Å². The lowest BCUT2D eigenvalue weighted by Gasteiger charge is -2.25. The number of nitrogens with zero attached hydrogens (tertiary/aromatic N) is 2. The molecule has 0 N–H and O–H groups in total. The molecule has 1 amide bonds. The molecular weight excluding hydrogens is 312 g/mol. The van der Waals surface area contributed by atoms with E-state index in [4.69, 9.17) is 5.26 Å². The maximum absolute atomic E-state index is 12.5. The van der Waals surface area contributed by atoms with Gasteiger partial charge in [0, 0.05) is 6.04 Å². The third-order valence-corrected chi connectivity index (χ3v) is 5.46. The first-order chi connectivity index (χ1) is 8.63. The van der Waals surface area contributed by atoms with Crippen molar-refractivity contribution < 1.29 is 4.79 Å². The van der Waals surface area contributed by atoms with Gasteiger partial charge in [-0.2, -0.15) is 5.26 Å². The van der Waals surface area contributed by atoms with Crippen LogP contribution in [-0.4, -0.2) is 23.4 Å². The molecule has 5 heteroatoms. The topological polar surface area (TPSA) is 44.1 Å². The number of halogens is 1. The Hall–Kier alpha value is -0.860. The van der Waals surface area contributed by atoms with Crippen LogP contribution in [0.2, 0.25) is 0 Å². The average molecular weight is 327 g/mol. The lowest BCUT2D eigenvalue weighted by atomic mass is 10.2. The summed E-state index contributed by atoms with van der Waals surface area (Å²) in [5.41, 5.74) is 1.08. The van der Waals surface area contributed by atoms with E-state index in [0.717, 1.165) is 39.9 Å². The highest BCUT2D eigenvalue weighted by Gasteiger charge is 2.28. The molecule has 1 fully saturated rings. The summed E-state index contributed by atoms with van der Waals surface area (Å²) in [6.45, 7) is 2.17. The zero-order valence-corrected chi connectivity index (χ0v) is 12.7. The van der Waals surface area contributed by atoms with E-state index in [1.54, 1.807) is 4.90 Å². The van der Waals surface area contributed by atoms with E-state index in [-0.39, 0.29) is 18.5 Å². The Balaban J connectivity index is 2.20. The van der Waals surface area contributed by atoms with E-state index >= 15 is 0 Å². The van der Waals surface area contributed by atoms with E-state index < -0.39 is 0 Å². The first-order valence-corrected chi connectivity index (χ1v) is 7.68. The molecule has 96 valence electrons. The van der Waals surface area contributed by atoms with Crippen LogP contribution in [0.5, 0.6) is 0 Å². The molecule has 1 aromatic rings. The smallest absolute Gasteiger partial charge is 0.265 e. The van der Waals surface area contributed by atoms with Crippen molar-refractivity contribution in [2.45, 2.75) is 38.6 Å². The van der Waals surface area contributed by atoms with Crippen molar-refractivity contribution in [3.8, 4) is 6.07 Å². The summed E-state index contributed by atoms with van der Waals surface area (Å²) in [5, 5.41) is 8.90. The van der Waals surface area contributed by atoms with Gasteiger partial charge in [0.25, 0.3) is 5.91 Å². The Morgan fingerprint density at radius 3 is 2.78 bits per heavy atom. The molecule has 0 saturated heterocycles. The second kappa shape index (κ2) is 5.85. The molecule has 0 aliphatic heterocycles. The van der Waals surface area contributed by atoms with Crippen LogP contribution in [0.4, 0.5) is 0 Å². The van der Waals surface area contributed by atoms with Gasteiger partial charge in [-0.05, 0) is 47.3 Å². The highest BCUT2D eigenvalue weighted by Crippen LogP contribution is 2.30. The maximum Gasteiger partial charge on any atom is 0.265 e. The molecule has 2 rings (SSSR count). The molecule has 1 saturated carbocycles. The van der Waals surface area contributed by atoms with Crippen LogP contribution in [0.25, 0.3) is 0 Å². The summed E-state index contributed by atoms with van der Waals surface area (Å²) >= 11 is 4.89. The first-order valence-electron chi connectivity index (χ1n) is 6.07. The van der Waals surface area contributed by atoms with Gasteiger partial charge in [0.2, 0.25) is 0 Å². The number of hydrogen-bond acceptors (Lipinski definition) is 3. The number of rotatable bonds is 3. The monoisotopic (exact) mass is 326 g/mol. The van der Waals surface area contributed by atoms with Gasteiger partial charge in [0.15, 0.2) is 0 Å². The molecule has 0 atom stereocenters. The van der Waals surface area contributed by atoms with Gasteiger partial charge in [0.05, 0.1) is 14.7 Å². The number of nitriles is 1. The van der Waals surface area contributed by atoms with Gasteiger partial charge in [-0.25, -0.2) is 0 Å². The standard InChI is InChI=1S/C13H15BrN2OS/c1-9-8-11(18-12(9)14)13(17)16(7-6-15)10-4-2-3-5-10/h8,10H,2-5,7H2,1H3. The zero-order chi connectivity index (χ0) is 13.1. The predicted molar refractivity (Wildman–Crippen MR) is 75.7 cm³/mol. The summed E-state index contributed by atoms with van der Waals surface area (Å²) in [7, 11) is 0. The van der Waals surface area contributed by atoms with Gasteiger partial charge in [-0.3, -0.25) is 4.79 Å². The van der Waals surface area contributed by atoms with Crippen molar-refractivity contribution in [1.82, 2.24) is 4.90 Å². The molecule has 0 radical (unpaired) electrons. The highest BCUT2D eigenvalue weighted by atomic mass is 79.9. The first kappa shape index (κ1) is 13.6. The summed E-state index contributed by atoms with van der Waals surface area (Å²) in [6, 6.07) is 4.26. The largest absolute Gasteiger partial charge is 0.322 e. The van der Waals surface area contributed by atoms with Crippen LogP contribution in [0.15, 0.2) is 9.85 Å². The molecule has 1 aliphatic carbocycles. The quantitative estimate of drug-likeness (QED) is 0.794.